The number of hydrogen-bond donors (Lipinski definition) is 2. The first-order valence-electron chi connectivity index (χ1n) is 6.31. The van der Waals surface area contributed by atoms with Gasteiger partial charge in [-0.05, 0) is 30.5 Å². The topological polar surface area (TPSA) is 66.4 Å². The molecule has 0 spiro atoms. The van der Waals surface area contributed by atoms with Gasteiger partial charge in [-0.15, -0.1) is 0 Å². The van der Waals surface area contributed by atoms with Gasteiger partial charge in [0.05, 0.1) is 17.9 Å². The molecule has 1 amide bonds. The summed E-state index contributed by atoms with van der Waals surface area (Å²) in [6, 6.07) is 7.21. The zero-order valence-corrected chi connectivity index (χ0v) is 11.4. The molecule has 2 rings (SSSR count). The Bertz CT molecular complexity index is 503. The van der Waals surface area contributed by atoms with Crippen LogP contribution in [0, 0.1) is 11.8 Å². The van der Waals surface area contributed by atoms with Gasteiger partial charge in [-0.25, -0.2) is 0 Å². The van der Waals surface area contributed by atoms with Gasteiger partial charge in [0, 0.05) is 5.02 Å². The first kappa shape index (κ1) is 13.9. The molecule has 0 heterocycles. The molecule has 0 bridgehead atoms. The van der Waals surface area contributed by atoms with E-state index in [1.165, 1.54) is 0 Å². The molecule has 2 N–H and O–H groups in total. The molecule has 1 saturated carbocycles. The first-order chi connectivity index (χ1) is 9.02. The van der Waals surface area contributed by atoms with Crippen molar-refractivity contribution in [3.05, 3.63) is 34.9 Å². The summed E-state index contributed by atoms with van der Waals surface area (Å²) >= 11 is 5.93. The number of carboxylic acid groups (broad SMARTS) is 1. The van der Waals surface area contributed by atoms with Crippen molar-refractivity contribution in [2.24, 2.45) is 11.8 Å². The Morgan fingerprint density at radius 1 is 1.47 bits per heavy atom. The van der Waals surface area contributed by atoms with Crippen molar-refractivity contribution in [2.75, 3.05) is 0 Å². The number of nitrogens with one attached hydrogen (secondary N) is 1. The second-order valence-electron chi connectivity index (χ2n) is 4.81. The lowest BCUT2D eigenvalue weighted by Gasteiger charge is -2.17. The molecule has 3 atom stereocenters. The van der Waals surface area contributed by atoms with Crippen molar-refractivity contribution < 1.29 is 14.7 Å². The molecule has 0 radical (unpaired) electrons. The van der Waals surface area contributed by atoms with Crippen LogP contribution in [0.2, 0.25) is 5.02 Å². The zero-order valence-electron chi connectivity index (χ0n) is 10.6. The summed E-state index contributed by atoms with van der Waals surface area (Å²) in [5.41, 5.74) is 0.941. The van der Waals surface area contributed by atoms with E-state index in [4.69, 9.17) is 16.7 Å². The summed E-state index contributed by atoms with van der Waals surface area (Å²) in [5.74, 6) is -1.97. The Balaban J connectivity index is 2.00. The predicted molar refractivity (Wildman–Crippen MR) is 71.9 cm³/mol. The minimum absolute atomic E-state index is 0.124. The van der Waals surface area contributed by atoms with E-state index >= 15 is 0 Å². The minimum Gasteiger partial charge on any atom is -0.481 e. The minimum atomic E-state index is -0.893. The number of halogens is 1. The lowest BCUT2D eigenvalue weighted by molar-refractivity contribution is -0.140. The number of hydrogen-bond acceptors (Lipinski definition) is 2. The maximum atomic E-state index is 11.9. The second-order valence-corrected chi connectivity index (χ2v) is 5.25. The monoisotopic (exact) mass is 281 g/mol. The number of rotatable bonds is 5. The SMILES string of the molecule is CCC(NC(=O)C1CC1C(=O)O)c1cccc(Cl)c1. The number of aliphatic carboxylic acids is 1. The van der Waals surface area contributed by atoms with Crippen LogP contribution in [0.3, 0.4) is 0 Å². The van der Waals surface area contributed by atoms with Gasteiger partial charge in [-0.3, -0.25) is 9.59 Å². The Hall–Kier alpha value is -1.55. The lowest BCUT2D eigenvalue weighted by atomic mass is 10.0. The number of amides is 1. The third-order valence-electron chi connectivity index (χ3n) is 3.42. The summed E-state index contributed by atoms with van der Waals surface area (Å²) in [4.78, 5) is 22.7. The maximum Gasteiger partial charge on any atom is 0.307 e. The van der Waals surface area contributed by atoms with E-state index in [0.717, 1.165) is 12.0 Å². The third kappa shape index (κ3) is 3.26. The van der Waals surface area contributed by atoms with Crippen molar-refractivity contribution in [1.29, 1.82) is 0 Å². The van der Waals surface area contributed by atoms with Crippen LogP contribution >= 0.6 is 11.6 Å². The molecule has 1 aromatic carbocycles. The number of benzene rings is 1. The molecule has 1 aliphatic rings. The van der Waals surface area contributed by atoms with E-state index in [0.29, 0.717) is 11.4 Å². The summed E-state index contributed by atoms with van der Waals surface area (Å²) in [7, 11) is 0. The van der Waals surface area contributed by atoms with Crippen molar-refractivity contribution in [1.82, 2.24) is 5.32 Å². The van der Waals surface area contributed by atoms with Gasteiger partial charge in [0.2, 0.25) is 5.91 Å². The summed E-state index contributed by atoms with van der Waals surface area (Å²) in [6.07, 6.45) is 1.17. The Morgan fingerprint density at radius 3 is 2.74 bits per heavy atom. The number of carbonyl (C=O) groups excluding carboxylic acids is 1. The molecule has 1 fully saturated rings. The average Bonchev–Trinajstić information content (AvgIpc) is 3.16. The lowest BCUT2D eigenvalue weighted by Crippen LogP contribution is -2.30. The van der Waals surface area contributed by atoms with Crippen molar-refractivity contribution >= 4 is 23.5 Å². The molecule has 3 unspecified atom stereocenters. The first-order valence-corrected chi connectivity index (χ1v) is 6.69. The maximum absolute atomic E-state index is 11.9. The van der Waals surface area contributed by atoms with Crippen molar-refractivity contribution in [2.45, 2.75) is 25.8 Å². The zero-order chi connectivity index (χ0) is 14.0. The predicted octanol–water partition coefficient (Wildman–Crippen LogP) is 2.63. The fourth-order valence-electron chi connectivity index (χ4n) is 2.18. The van der Waals surface area contributed by atoms with Gasteiger partial charge in [0.15, 0.2) is 0 Å². The summed E-state index contributed by atoms with van der Waals surface area (Å²) in [5, 5.41) is 12.3. The summed E-state index contributed by atoms with van der Waals surface area (Å²) < 4.78 is 0. The van der Waals surface area contributed by atoms with Gasteiger partial charge >= 0.3 is 5.97 Å². The van der Waals surface area contributed by atoms with Crippen LogP contribution in [0.15, 0.2) is 24.3 Å². The highest BCUT2D eigenvalue weighted by atomic mass is 35.5. The average molecular weight is 282 g/mol. The molecule has 1 aliphatic carbocycles. The van der Waals surface area contributed by atoms with Crippen LogP contribution in [0.1, 0.15) is 31.4 Å². The highest BCUT2D eigenvalue weighted by Crippen LogP contribution is 2.39. The summed E-state index contributed by atoms with van der Waals surface area (Å²) in [6.45, 7) is 1.97. The van der Waals surface area contributed by atoms with Gasteiger partial charge in [0.1, 0.15) is 0 Å². The fourth-order valence-corrected chi connectivity index (χ4v) is 2.38. The van der Waals surface area contributed by atoms with E-state index in [9.17, 15) is 9.59 Å². The van der Waals surface area contributed by atoms with Gasteiger partial charge in [0.25, 0.3) is 0 Å². The molecule has 5 heteroatoms. The van der Waals surface area contributed by atoms with E-state index in [2.05, 4.69) is 5.32 Å². The largest absolute Gasteiger partial charge is 0.481 e. The number of carbonyl (C=O) groups is 2. The van der Waals surface area contributed by atoms with E-state index in [1.807, 2.05) is 25.1 Å². The Labute approximate surface area is 116 Å². The quantitative estimate of drug-likeness (QED) is 0.872. The van der Waals surface area contributed by atoms with Crippen LogP contribution < -0.4 is 5.32 Å². The third-order valence-corrected chi connectivity index (χ3v) is 3.66. The Kier molecular flexibility index (Phi) is 4.10. The van der Waals surface area contributed by atoms with E-state index < -0.39 is 11.9 Å². The molecule has 102 valence electrons. The molecular weight excluding hydrogens is 266 g/mol. The van der Waals surface area contributed by atoms with E-state index in [1.54, 1.807) is 6.07 Å². The van der Waals surface area contributed by atoms with Crippen molar-refractivity contribution in [3.63, 3.8) is 0 Å². The number of carboxylic acids is 1. The molecule has 4 nitrogen and oxygen atoms in total. The van der Waals surface area contributed by atoms with Crippen molar-refractivity contribution in [3.8, 4) is 0 Å². The second kappa shape index (κ2) is 5.61. The standard InChI is InChI=1S/C14H16ClNO3/c1-2-12(8-4-3-5-9(15)6-8)16-13(17)10-7-11(10)14(18)19/h3-6,10-12H,2,7H2,1H3,(H,16,17)(H,18,19). The molecular formula is C14H16ClNO3. The molecule has 0 saturated heterocycles. The van der Waals surface area contributed by atoms with E-state index in [-0.39, 0.29) is 17.9 Å². The smallest absolute Gasteiger partial charge is 0.307 e. The van der Waals surface area contributed by atoms with Gasteiger partial charge in [-0.1, -0.05) is 30.7 Å². The highest BCUT2D eigenvalue weighted by Gasteiger charge is 2.48. The highest BCUT2D eigenvalue weighted by molar-refractivity contribution is 6.30. The van der Waals surface area contributed by atoms with Gasteiger partial charge in [-0.2, -0.15) is 0 Å². The molecule has 1 aromatic rings. The fraction of sp³-hybridized carbons (Fsp3) is 0.429. The molecule has 0 aliphatic heterocycles. The molecule has 19 heavy (non-hydrogen) atoms. The molecule has 0 aromatic heterocycles. The van der Waals surface area contributed by atoms with Crippen LogP contribution in [0.25, 0.3) is 0 Å². The normalized spacial score (nSPS) is 22.6. The van der Waals surface area contributed by atoms with Crippen LogP contribution in [-0.4, -0.2) is 17.0 Å². The van der Waals surface area contributed by atoms with Gasteiger partial charge < -0.3 is 10.4 Å². The Morgan fingerprint density at radius 2 is 2.21 bits per heavy atom. The van der Waals surface area contributed by atoms with Crippen LogP contribution in [-0.2, 0) is 9.59 Å². The van der Waals surface area contributed by atoms with Crippen LogP contribution in [0.5, 0.6) is 0 Å². The van der Waals surface area contributed by atoms with Crippen LogP contribution in [0.4, 0.5) is 0 Å².